The first kappa shape index (κ1) is 19.2. The smallest absolute Gasteiger partial charge is 0.407 e. The second-order valence-corrected chi connectivity index (χ2v) is 6.38. The van der Waals surface area contributed by atoms with Gasteiger partial charge in [0.15, 0.2) is 0 Å². The van der Waals surface area contributed by atoms with E-state index < -0.39 is 30.0 Å². The molecule has 2 atom stereocenters. The normalized spacial score (nSPS) is 14.6. The summed E-state index contributed by atoms with van der Waals surface area (Å²) in [5.74, 6) is -1.31. The van der Waals surface area contributed by atoms with Crippen LogP contribution in [0.2, 0.25) is 0 Å². The molecule has 27 heavy (non-hydrogen) atoms. The third kappa shape index (κ3) is 3.90. The molecule has 3 N–H and O–H groups in total. The van der Waals surface area contributed by atoms with Crippen LogP contribution in [0.5, 0.6) is 0 Å². The summed E-state index contributed by atoms with van der Waals surface area (Å²) in [5.41, 5.74) is 5.69. The highest BCUT2D eigenvalue weighted by Gasteiger charge is 2.42. The first-order valence-corrected chi connectivity index (χ1v) is 8.44. The van der Waals surface area contributed by atoms with Gasteiger partial charge in [-0.15, -0.1) is 0 Å². The molecule has 144 valence electrons. The number of furan rings is 1. The lowest BCUT2D eigenvalue weighted by Crippen LogP contribution is -2.47. The van der Waals surface area contributed by atoms with Gasteiger partial charge in [0.2, 0.25) is 5.91 Å². The summed E-state index contributed by atoms with van der Waals surface area (Å²) in [6, 6.07) is 4.71. The topological polar surface area (TPSA) is 68.3 Å². The van der Waals surface area contributed by atoms with E-state index in [0.29, 0.717) is 22.8 Å². The van der Waals surface area contributed by atoms with Gasteiger partial charge in [-0.3, -0.25) is 10.1 Å². The molecule has 0 bridgehead atoms. The van der Waals surface area contributed by atoms with Crippen LogP contribution in [0, 0.1) is 5.82 Å². The van der Waals surface area contributed by atoms with Crippen LogP contribution in [-0.2, 0) is 4.79 Å². The second-order valence-electron chi connectivity index (χ2n) is 6.38. The Kier molecular flexibility index (Phi) is 5.10. The summed E-state index contributed by atoms with van der Waals surface area (Å²) < 4.78 is 59.9. The molecule has 0 aliphatic rings. The predicted octanol–water partition coefficient (Wildman–Crippen LogP) is 4.57. The molecule has 0 radical (unpaired) electrons. The maximum absolute atomic E-state index is 13.6. The van der Waals surface area contributed by atoms with Crippen LogP contribution in [0.4, 0.5) is 17.6 Å². The Morgan fingerprint density at radius 3 is 2.52 bits per heavy atom. The molecule has 0 spiro atoms. The first-order chi connectivity index (χ1) is 12.7. The molecule has 0 fully saturated rings. The zero-order valence-corrected chi connectivity index (χ0v) is 14.4. The Morgan fingerprint density at radius 2 is 1.89 bits per heavy atom. The van der Waals surface area contributed by atoms with Crippen LogP contribution in [-0.4, -0.2) is 18.1 Å². The maximum atomic E-state index is 13.6. The van der Waals surface area contributed by atoms with Crippen molar-refractivity contribution in [1.29, 1.82) is 0 Å². The van der Waals surface area contributed by atoms with Gasteiger partial charge in [0, 0.05) is 10.8 Å². The Hall–Kier alpha value is -2.61. The van der Waals surface area contributed by atoms with E-state index in [2.05, 4.69) is 5.32 Å². The number of carbonyl (C=O) groups excluding carboxylic acids is 1. The zero-order valence-electron chi connectivity index (χ0n) is 14.4. The molecular weight excluding hydrogens is 364 g/mol. The standard InChI is InChI=1S/C19H18F4N2O2/c1-2-3-14(18(24)26)25-17(19(21,22)23)10-4-6-12-13-9-11(20)5-7-15(13)27-16(12)8-10/h4-9,14,17,25H,2-3H2,1H3,(H2,24,26)/t14?,17-/m0/s1. The van der Waals surface area contributed by atoms with E-state index in [-0.39, 0.29) is 17.6 Å². The highest BCUT2D eigenvalue weighted by molar-refractivity contribution is 6.05. The monoisotopic (exact) mass is 382 g/mol. The van der Waals surface area contributed by atoms with Crippen LogP contribution >= 0.6 is 0 Å². The molecule has 3 aromatic rings. The summed E-state index contributed by atoms with van der Waals surface area (Å²) in [6.45, 7) is 1.75. The van der Waals surface area contributed by atoms with Crippen molar-refractivity contribution in [2.45, 2.75) is 38.0 Å². The van der Waals surface area contributed by atoms with Crippen LogP contribution in [0.15, 0.2) is 40.8 Å². The van der Waals surface area contributed by atoms with Crippen LogP contribution in [0.3, 0.4) is 0 Å². The quantitative estimate of drug-likeness (QED) is 0.614. The van der Waals surface area contributed by atoms with Crippen molar-refractivity contribution in [2.24, 2.45) is 5.73 Å². The fraction of sp³-hybridized carbons (Fsp3) is 0.316. The van der Waals surface area contributed by atoms with Crippen molar-refractivity contribution in [3.05, 3.63) is 47.8 Å². The van der Waals surface area contributed by atoms with Gasteiger partial charge in [-0.1, -0.05) is 25.5 Å². The minimum atomic E-state index is -4.65. The first-order valence-electron chi connectivity index (χ1n) is 8.44. The average molecular weight is 382 g/mol. The number of hydrogen-bond acceptors (Lipinski definition) is 3. The lowest BCUT2D eigenvalue weighted by Gasteiger charge is -2.26. The molecule has 0 aliphatic heterocycles. The van der Waals surface area contributed by atoms with Gasteiger partial charge >= 0.3 is 6.18 Å². The summed E-state index contributed by atoms with van der Waals surface area (Å²) in [6.07, 6.45) is -3.96. The molecule has 2 aromatic carbocycles. The van der Waals surface area contributed by atoms with Crippen molar-refractivity contribution in [3.63, 3.8) is 0 Å². The number of nitrogens with two attached hydrogens (primary N) is 1. The van der Waals surface area contributed by atoms with Crippen molar-refractivity contribution < 1.29 is 26.8 Å². The number of benzene rings is 2. The lowest BCUT2D eigenvalue weighted by atomic mass is 10.0. The van der Waals surface area contributed by atoms with Crippen LogP contribution in [0.1, 0.15) is 31.4 Å². The van der Waals surface area contributed by atoms with Gasteiger partial charge < -0.3 is 10.2 Å². The zero-order chi connectivity index (χ0) is 19.8. The van der Waals surface area contributed by atoms with Crippen molar-refractivity contribution in [3.8, 4) is 0 Å². The summed E-state index contributed by atoms with van der Waals surface area (Å²) in [7, 11) is 0. The molecule has 0 saturated carbocycles. The molecule has 0 saturated heterocycles. The van der Waals surface area contributed by atoms with E-state index in [0.717, 1.165) is 0 Å². The molecule has 3 rings (SSSR count). The fourth-order valence-corrected chi connectivity index (χ4v) is 3.12. The Bertz CT molecular complexity index is 981. The molecular formula is C19H18F4N2O2. The van der Waals surface area contributed by atoms with E-state index in [1.165, 1.54) is 36.4 Å². The number of fused-ring (bicyclic) bond motifs is 3. The van der Waals surface area contributed by atoms with Gasteiger partial charge in [0.05, 0.1) is 6.04 Å². The molecule has 1 amide bonds. The lowest BCUT2D eigenvalue weighted by molar-refractivity contribution is -0.160. The second kappa shape index (κ2) is 7.19. The van der Waals surface area contributed by atoms with Crippen LogP contribution in [0.25, 0.3) is 21.9 Å². The molecule has 4 nitrogen and oxygen atoms in total. The summed E-state index contributed by atoms with van der Waals surface area (Å²) >= 11 is 0. The summed E-state index contributed by atoms with van der Waals surface area (Å²) in [4.78, 5) is 11.5. The van der Waals surface area contributed by atoms with Crippen molar-refractivity contribution in [2.75, 3.05) is 0 Å². The van der Waals surface area contributed by atoms with Gasteiger partial charge in [-0.05, 0) is 36.2 Å². The predicted molar refractivity (Wildman–Crippen MR) is 93.5 cm³/mol. The Labute approximate surface area is 152 Å². The van der Waals surface area contributed by atoms with Gasteiger partial charge in [-0.25, -0.2) is 4.39 Å². The van der Waals surface area contributed by atoms with Crippen molar-refractivity contribution in [1.82, 2.24) is 5.32 Å². The van der Waals surface area contributed by atoms with Crippen LogP contribution < -0.4 is 11.1 Å². The number of hydrogen-bond donors (Lipinski definition) is 2. The summed E-state index contributed by atoms with van der Waals surface area (Å²) in [5, 5.41) is 3.31. The minimum Gasteiger partial charge on any atom is -0.456 e. The van der Waals surface area contributed by atoms with E-state index in [4.69, 9.17) is 10.2 Å². The number of carbonyl (C=O) groups is 1. The molecule has 1 aromatic heterocycles. The van der Waals surface area contributed by atoms with Gasteiger partial charge in [0.25, 0.3) is 0 Å². The number of nitrogens with one attached hydrogen (secondary N) is 1. The largest absolute Gasteiger partial charge is 0.456 e. The van der Waals surface area contributed by atoms with Crippen molar-refractivity contribution >= 4 is 27.8 Å². The highest BCUT2D eigenvalue weighted by Crippen LogP contribution is 2.37. The van der Waals surface area contributed by atoms with E-state index in [1.807, 2.05) is 0 Å². The minimum absolute atomic E-state index is 0.114. The van der Waals surface area contributed by atoms with E-state index >= 15 is 0 Å². The van der Waals surface area contributed by atoms with E-state index in [9.17, 15) is 22.4 Å². The molecule has 0 aliphatic carbocycles. The molecule has 8 heteroatoms. The molecule has 1 heterocycles. The average Bonchev–Trinajstić information content (AvgIpc) is 2.94. The number of primary amides is 1. The number of amides is 1. The maximum Gasteiger partial charge on any atom is 0.407 e. The third-order valence-electron chi connectivity index (χ3n) is 4.41. The SMILES string of the molecule is CCCC(N[C@@H](c1ccc2c(c1)oc1ccc(F)cc12)C(F)(F)F)C(N)=O. The Morgan fingerprint density at radius 1 is 1.15 bits per heavy atom. The number of rotatable bonds is 6. The van der Waals surface area contributed by atoms with Gasteiger partial charge in [0.1, 0.15) is 23.0 Å². The van der Waals surface area contributed by atoms with Gasteiger partial charge in [-0.2, -0.15) is 13.2 Å². The number of alkyl halides is 3. The number of halogens is 4. The van der Waals surface area contributed by atoms with E-state index in [1.54, 1.807) is 6.92 Å². The molecule has 1 unspecified atom stereocenters. The Balaban J connectivity index is 2.05. The third-order valence-corrected chi connectivity index (χ3v) is 4.41. The fourth-order valence-electron chi connectivity index (χ4n) is 3.12. The highest BCUT2D eigenvalue weighted by atomic mass is 19.4.